The van der Waals surface area contributed by atoms with Crippen molar-refractivity contribution in [2.75, 3.05) is 13.1 Å². The van der Waals surface area contributed by atoms with Crippen LogP contribution in [0.2, 0.25) is 0 Å². The molecule has 1 unspecified atom stereocenters. The highest BCUT2D eigenvalue weighted by atomic mass is 15.4. The van der Waals surface area contributed by atoms with Gasteiger partial charge in [-0.15, -0.1) is 5.10 Å². The standard InChI is InChI=1S/C8H13N5/c1-13-8(5-11-12-13)6-2-7(9)4-10-3-6/h2,5,7,10H,3-4,9H2,1H3. The molecule has 0 saturated carbocycles. The van der Waals surface area contributed by atoms with Crippen molar-refractivity contribution in [2.24, 2.45) is 12.8 Å². The molecule has 1 aliphatic heterocycles. The van der Waals surface area contributed by atoms with Crippen LogP contribution in [0.3, 0.4) is 0 Å². The molecule has 5 nitrogen and oxygen atoms in total. The summed E-state index contributed by atoms with van der Waals surface area (Å²) in [5.74, 6) is 0. The number of hydrogen-bond donors (Lipinski definition) is 2. The van der Waals surface area contributed by atoms with E-state index in [-0.39, 0.29) is 6.04 Å². The lowest BCUT2D eigenvalue weighted by atomic mass is 10.1. The summed E-state index contributed by atoms with van der Waals surface area (Å²) in [4.78, 5) is 0. The smallest absolute Gasteiger partial charge is 0.0852 e. The fourth-order valence-corrected chi connectivity index (χ4v) is 1.51. The summed E-state index contributed by atoms with van der Waals surface area (Å²) in [5.41, 5.74) is 8.00. The molecule has 0 saturated heterocycles. The van der Waals surface area contributed by atoms with Crippen LogP contribution >= 0.6 is 0 Å². The Hall–Kier alpha value is -1.20. The summed E-state index contributed by atoms with van der Waals surface area (Å²) in [6.45, 7) is 1.68. The van der Waals surface area contributed by atoms with Gasteiger partial charge < -0.3 is 11.1 Å². The average molecular weight is 179 g/mol. The predicted octanol–water partition coefficient (Wildman–Crippen LogP) is -0.871. The molecule has 1 aromatic rings. The highest BCUT2D eigenvalue weighted by molar-refractivity contribution is 5.65. The van der Waals surface area contributed by atoms with Gasteiger partial charge in [0.05, 0.1) is 11.9 Å². The number of nitrogens with one attached hydrogen (secondary N) is 1. The van der Waals surface area contributed by atoms with Crippen molar-refractivity contribution in [1.82, 2.24) is 20.3 Å². The molecule has 0 radical (unpaired) electrons. The molecule has 70 valence electrons. The van der Waals surface area contributed by atoms with Gasteiger partial charge in [-0.1, -0.05) is 11.3 Å². The lowest BCUT2D eigenvalue weighted by molar-refractivity contribution is 0.651. The summed E-state index contributed by atoms with van der Waals surface area (Å²) < 4.78 is 1.76. The Kier molecular flexibility index (Phi) is 2.12. The fourth-order valence-electron chi connectivity index (χ4n) is 1.51. The Bertz CT molecular complexity index is 327. The van der Waals surface area contributed by atoms with Gasteiger partial charge in [0.15, 0.2) is 0 Å². The van der Waals surface area contributed by atoms with E-state index in [0.717, 1.165) is 18.8 Å². The Morgan fingerprint density at radius 3 is 3.15 bits per heavy atom. The Morgan fingerprint density at radius 2 is 2.54 bits per heavy atom. The lowest BCUT2D eigenvalue weighted by Gasteiger charge is -2.18. The minimum Gasteiger partial charge on any atom is -0.323 e. The van der Waals surface area contributed by atoms with Gasteiger partial charge in [0.25, 0.3) is 0 Å². The number of nitrogens with two attached hydrogens (primary N) is 1. The van der Waals surface area contributed by atoms with E-state index in [9.17, 15) is 0 Å². The molecule has 0 aliphatic carbocycles. The second-order valence-electron chi connectivity index (χ2n) is 3.23. The molecule has 3 N–H and O–H groups in total. The number of rotatable bonds is 1. The van der Waals surface area contributed by atoms with Crippen molar-refractivity contribution >= 4 is 5.57 Å². The molecule has 1 aliphatic rings. The Morgan fingerprint density at radius 1 is 1.69 bits per heavy atom. The predicted molar refractivity (Wildman–Crippen MR) is 49.8 cm³/mol. The molecule has 0 amide bonds. The first kappa shape index (κ1) is 8.40. The molecular formula is C8H13N5. The summed E-state index contributed by atoms with van der Waals surface area (Å²) in [5, 5.41) is 10.9. The monoisotopic (exact) mass is 179 g/mol. The summed E-state index contributed by atoms with van der Waals surface area (Å²) in [6, 6.07) is 0.0960. The van der Waals surface area contributed by atoms with Crippen molar-refractivity contribution in [2.45, 2.75) is 6.04 Å². The SMILES string of the molecule is Cn1nncc1C1=CC(N)CNC1. The molecule has 2 rings (SSSR count). The number of aromatic nitrogens is 3. The first-order valence-electron chi connectivity index (χ1n) is 4.29. The third kappa shape index (κ3) is 1.61. The normalized spacial score (nSPS) is 22.9. The molecule has 1 aromatic heterocycles. The van der Waals surface area contributed by atoms with E-state index >= 15 is 0 Å². The van der Waals surface area contributed by atoms with Crippen LogP contribution in [0.25, 0.3) is 5.57 Å². The maximum absolute atomic E-state index is 5.79. The summed E-state index contributed by atoms with van der Waals surface area (Å²) in [6.07, 6.45) is 3.82. The van der Waals surface area contributed by atoms with Crippen LogP contribution in [0, 0.1) is 0 Å². The van der Waals surface area contributed by atoms with Crippen molar-refractivity contribution in [3.8, 4) is 0 Å². The van der Waals surface area contributed by atoms with E-state index < -0.39 is 0 Å². The average Bonchev–Trinajstić information content (AvgIpc) is 2.51. The highest BCUT2D eigenvalue weighted by Gasteiger charge is 2.13. The topological polar surface area (TPSA) is 68.8 Å². The maximum atomic E-state index is 5.79. The van der Waals surface area contributed by atoms with E-state index in [2.05, 4.69) is 21.7 Å². The molecule has 13 heavy (non-hydrogen) atoms. The van der Waals surface area contributed by atoms with Crippen LogP contribution in [0.5, 0.6) is 0 Å². The number of nitrogens with zero attached hydrogens (tertiary/aromatic N) is 3. The molecule has 5 heteroatoms. The zero-order valence-electron chi connectivity index (χ0n) is 7.57. The van der Waals surface area contributed by atoms with Crippen LogP contribution in [0.1, 0.15) is 5.69 Å². The lowest BCUT2D eigenvalue weighted by Crippen LogP contribution is -2.37. The number of hydrogen-bond acceptors (Lipinski definition) is 4. The molecule has 1 atom stereocenters. The molecule has 0 fully saturated rings. The van der Waals surface area contributed by atoms with Crippen LogP contribution in [-0.2, 0) is 7.05 Å². The van der Waals surface area contributed by atoms with Crippen molar-refractivity contribution in [3.05, 3.63) is 18.0 Å². The van der Waals surface area contributed by atoms with Crippen molar-refractivity contribution in [1.29, 1.82) is 0 Å². The molecule has 0 spiro atoms. The zero-order valence-corrected chi connectivity index (χ0v) is 7.57. The van der Waals surface area contributed by atoms with Gasteiger partial charge in [-0.2, -0.15) is 0 Å². The largest absolute Gasteiger partial charge is 0.323 e. The second-order valence-corrected chi connectivity index (χ2v) is 3.23. The first-order valence-corrected chi connectivity index (χ1v) is 4.29. The highest BCUT2D eigenvalue weighted by Crippen LogP contribution is 2.13. The van der Waals surface area contributed by atoms with E-state index in [1.165, 1.54) is 5.57 Å². The molecule has 0 aromatic carbocycles. The fraction of sp³-hybridized carbons (Fsp3) is 0.500. The van der Waals surface area contributed by atoms with Gasteiger partial charge >= 0.3 is 0 Å². The first-order chi connectivity index (χ1) is 6.27. The van der Waals surface area contributed by atoms with Crippen LogP contribution in [-0.4, -0.2) is 34.1 Å². The molecule has 2 heterocycles. The van der Waals surface area contributed by atoms with Gasteiger partial charge in [0.1, 0.15) is 0 Å². The molecular weight excluding hydrogens is 166 g/mol. The second kappa shape index (κ2) is 3.27. The van der Waals surface area contributed by atoms with Crippen LogP contribution in [0.4, 0.5) is 0 Å². The third-order valence-corrected chi connectivity index (χ3v) is 2.15. The van der Waals surface area contributed by atoms with Crippen molar-refractivity contribution < 1.29 is 0 Å². The van der Waals surface area contributed by atoms with E-state index in [1.54, 1.807) is 10.9 Å². The summed E-state index contributed by atoms with van der Waals surface area (Å²) in [7, 11) is 1.88. The van der Waals surface area contributed by atoms with Crippen LogP contribution in [0.15, 0.2) is 12.3 Å². The van der Waals surface area contributed by atoms with Crippen molar-refractivity contribution in [3.63, 3.8) is 0 Å². The minimum absolute atomic E-state index is 0.0960. The van der Waals surface area contributed by atoms with Gasteiger partial charge in [0.2, 0.25) is 0 Å². The summed E-state index contributed by atoms with van der Waals surface area (Å²) >= 11 is 0. The van der Waals surface area contributed by atoms with E-state index in [1.807, 2.05) is 7.05 Å². The van der Waals surface area contributed by atoms with Gasteiger partial charge in [0, 0.05) is 26.2 Å². The number of aryl methyl sites for hydroxylation is 1. The van der Waals surface area contributed by atoms with Gasteiger partial charge in [-0.05, 0) is 5.57 Å². The zero-order chi connectivity index (χ0) is 9.26. The Balaban J connectivity index is 2.30. The molecule has 0 bridgehead atoms. The maximum Gasteiger partial charge on any atom is 0.0852 e. The quantitative estimate of drug-likeness (QED) is 0.588. The third-order valence-electron chi connectivity index (χ3n) is 2.15. The van der Waals surface area contributed by atoms with Crippen LogP contribution < -0.4 is 11.1 Å². The van der Waals surface area contributed by atoms with Gasteiger partial charge in [-0.3, -0.25) is 0 Å². The van der Waals surface area contributed by atoms with Gasteiger partial charge in [-0.25, -0.2) is 4.68 Å². The van der Waals surface area contributed by atoms with E-state index in [0.29, 0.717) is 0 Å². The minimum atomic E-state index is 0.0960. The van der Waals surface area contributed by atoms with E-state index in [4.69, 9.17) is 5.73 Å². The Labute approximate surface area is 76.6 Å².